The molecule has 0 unspecified atom stereocenters. The molecule has 2 aromatic carbocycles. The predicted octanol–water partition coefficient (Wildman–Crippen LogP) is 5.81. The van der Waals surface area contributed by atoms with Gasteiger partial charge in [0.05, 0.1) is 11.6 Å². The van der Waals surface area contributed by atoms with Crippen molar-refractivity contribution >= 4 is 0 Å². The van der Waals surface area contributed by atoms with Crippen molar-refractivity contribution in [3.8, 4) is 28.6 Å². The van der Waals surface area contributed by atoms with Crippen molar-refractivity contribution in [2.45, 2.75) is 39.0 Å². The van der Waals surface area contributed by atoms with Gasteiger partial charge in [0.1, 0.15) is 0 Å². The SMILES string of the molecule is CCCCCCc1ccc(-c2ncc(-c3ccc(C#N)cc3)cn2)cc1. The van der Waals surface area contributed by atoms with E-state index in [2.05, 4.69) is 47.2 Å². The van der Waals surface area contributed by atoms with Gasteiger partial charge in [-0.15, -0.1) is 0 Å². The van der Waals surface area contributed by atoms with E-state index in [0.29, 0.717) is 5.56 Å². The second-order valence-corrected chi connectivity index (χ2v) is 6.49. The molecule has 0 saturated heterocycles. The first-order chi connectivity index (χ1) is 12.8. The quantitative estimate of drug-likeness (QED) is 0.510. The Morgan fingerprint density at radius 1 is 0.769 bits per heavy atom. The van der Waals surface area contributed by atoms with Crippen LogP contribution in [0.2, 0.25) is 0 Å². The van der Waals surface area contributed by atoms with Crippen LogP contribution < -0.4 is 0 Å². The number of aryl methyl sites for hydroxylation is 1. The second-order valence-electron chi connectivity index (χ2n) is 6.49. The Hall–Kier alpha value is -2.99. The van der Waals surface area contributed by atoms with Gasteiger partial charge >= 0.3 is 0 Å². The molecule has 3 aromatic rings. The predicted molar refractivity (Wildman–Crippen MR) is 105 cm³/mol. The largest absolute Gasteiger partial charge is 0.236 e. The molecule has 0 aliphatic rings. The molecule has 26 heavy (non-hydrogen) atoms. The number of aromatic nitrogens is 2. The van der Waals surface area contributed by atoms with E-state index >= 15 is 0 Å². The van der Waals surface area contributed by atoms with E-state index in [-0.39, 0.29) is 0 Å². The summed E-state index contributed by atoms with van der Waals surface area (Å²) in [5.74, 6) is 0.736. The zero-order valence-corrected chi connectivity index (χ0v) is 15.2. The molecular formula is C23H23N3. The summed E-state index contributed by atoms with van der Waals surface area (Å²) in [6.07, 6.45) is 9.96. The summed E-state index contributed by atoms with van der Waals surface area (Å²) in [5.41, 5.74) is 5.03. The van der Waals surface area contributed by atoms with E-state index < -0.39 is 0 Å². The molecular weight excluding hydrogens is 318 g/mol. The summed E-state index contributed by atoms with van der Waals surface area (Å²) in [5, 5.41) is 8.88. The highest BCUT2D eigenvalue weighted by molar-refractivity contribution is 5.64. The number of nitrogens with zero attached hydrogens (tertiary/aromatic N) is 3. The summed E-state index contributed by atoms with van der Waals surface area (Å²) in [4.78, 5) is 9.02. The van der Waals surface area contributed by atoms with Crippen molar-refractivity contribution in [1.82, 2.24) is 9.97 Å². The zero-order chi connectivity index (χ0) is 18.2. The van der Waals surface area contributed by atoms with Crippen LogP contribution in [0.1, 0.15) is 43.7 Å². The maximum Gasteiger partial charge on any atom is 0.159 e. The summed E-state index contributed by atoms with van der Waals surface area (Å²) in [7, 11) is 0. The average molecular weight is 341 g/mol. The molecule has 3 rings (SSSR count). The van der Waals surface area contributed by atoms with Gasteiger partial charge < -0.3 is 0 Å². The monoisotopic (exact) mass is 341 g/mol. The molecule has 0 aliphatic heterocycles. The van der Waals surface area contributed by atoms with Gasteiger partial charge in [0.15, 0.2) is 5.82 Å². The number of hydrogen-bond donors (Lipinski definition) is 0. The van der Waals surface area contributed by atoms with Gasteiger partial charge in [-0.05, 0) is 36.1 Å². The number of nitriles is 1. The lowest BCUT2D eigenvalue weighted by atomic mass is 10.0. The van der Waals surface area contributed by atoms with Gasteiger partial charge in [-0.3, -0.25) is 0 Å². The Morgan fingerprint density at radius 2 is 1.42 bits per heavy atom. The van der Waals surface area contributed by atoms with Gasteiger partial charge in [-0.2, -0.15) is 5.26 Å². The van der Waals surface area contributed by atoms with Gasteiger partial charge in [0.2, 0.25) is 0 Å². The van der Waals surface area contributed by atoms with E-state index in [1.165, 1.54) is 31.2 Å². The standard InChI is InChI=1S/C23H23N3/c1-2-3-4-5-6-18-7-13-21(14-8-18)23-25-16-22(17-26-23)20-11-9-19(15-24)10-12-20/h7-14,16-17H,2-6H2,1H3. The summed E-state index contributed by atoms with van der Waals surface area (Å²) in [6, 6.07) is 18.2. The molecule has 3 heteroatoms. The molecule has 0 atom stereocenters. The summed E-state index contributed by atoms with van der Waals surface area (Å²) in [6.45, 7) is 2.24. The Kier molecular flexibility index (Phi) is 6.11. The van der Waals surface area contributed by atoms with Gasteiger partial charge in [-0.25, -0.2) is 9.97 Å². The van der Waals surface area contributed by atoms with E-state index in [4.69, 9.17) is 5.26 Å². The Bertz CT molecular complexity index is 857. The molecule has 0 amide bonds. The summed E-state index contributed by atoms with van der Waals surface area (Å²) < 4.78 is 0. The van der Waals surface area contributed by atoms with Crippen molar-refractivity contribution < 1.29 is 0 Å². The molecule has 3 nitrogen and oxygen atoms in total. The van der Waals surface area contributed by atoms with Crippen molar-refractivity contribution in [1.29, 1.82) is 5.26 Å². The third-order valence-corrected chi connectivity index (χ3v) is 4.53. The third-order valence-electron chi connectivity index (χ3n) is 4.53. The normalized spacial score (nSPS) is 10.5. The van der Waals surface area contributed by atoms with Gasteiger partial charge in [0.25, 0.3) is 0 Å². The lowest BCUT2D eigenvalue weighted by Crippen LogP contribution is -1.91. The van der Waals surface area contributed by atoms with Gasteiger partial charge in [-0.1, -0.05) is 62.6 Å². The van der Waals surface area contributed by atoms with Gasteiger partial charge in [0, 0.05) is 23.5 Å². The van der Waals surface area contributed by atoms with Crippen molar-refractivity contribution in [2.75, 3.05) is 0 Å². The van der Waals surface area contributed by atoms with Crippen LogP contribution in [0.3, 0.4) is 0 Å². The lowest BCUT2D eigenvalue weighted by Gasteiger charge is -2.05. The molecule has 1 heterocycles. The fourth-order valence-corrected chi connectivity index (χ4v) is 2.94. The van der Waals surface area contributed by atoms with Crippen LogP contribution in [0, 0.1) is 11.3 Å². The highest BCUT2D eigenvalue weighted by Crippen LogP contribution is 2.21. The first-order valence-corrected chi connectivity index (χ1v) is 9.22. The minimum absolute atomic E-state index is 0.654. The van der Waals surface area contributed by atoms with E-state index in [0.717, 1.165) is 28.9 Å². The molecule has 0 N–H and O–H groups in total. The minimum Gasteiger partial charge on any atom is -0.236 e. The Labute approximate surface area is 155 Å². The van der Waals surface area contributed by atoms with Crippen LogP contribution in [0.5, 0.6) is 0 Å². The summed E-state index contributed by atoms with van der Waals surface area (Å²) >= 11 is 0. The molecule has 0 bridgehead atoms. The fraction of sp³-hybridized carbons (Fsp3) is 0.261. The van der Waals surface area contributed by atoms with Crippen molar-refractivity contribution in [2.24, 2.45) is 0 Å². The van der Waals surface area contributed by atoms with Crippen molar-refractivity contribution in [3.05, 3.63) is 72.1 Å². The van der Waals surface area contributed by atoms with Crippen LogP contribution in [-0.4, -0.2) is 9.97 Å². The maximum absolute atomic E-state index is 8.88. The van der Waals surface area contributed by atoms with E-state index in [1.54, 1.807) is 0 Å². The molecule has 0 fully saturated rings. The maximum atomic E-state index is 8.88. The second kappa shape index (κ2) is 8.92. The highest BCUT2D eigenvalue weighted by Gasteiger charge is 2.04. The first-order valence-electron chi connectivity index (χ1n) is 9.22. The number of unbranched alkanes of at least 4 members (excludes halogenated alkanes) is 3. The Morgan fingerprint density at radius 3 is 2.04 bits per heavy atom. The average Bonchev–Trinajstić information content (AvgIpc) is 2.72. The van der Waals surface area contributed by atoms with Crippen LogP contribution in [0.15, 0.2) is 60.9 Å². The first kappa shape index (κ1) is 17.8. The van der Waals surface area contributed by atoms with Crippen LogP contribution in [0.4, 0.5) is 0 Å². The van der Waals surface area contributed by atoms with Crippen LogP contribution in [0.25, 0.3) is 22.5 Å². The lowest BCUT2D eigenvalue weighted by molar-refractivity contribution is 0.667. The Balaban J connectivity index is 1.67. The topological polar surface area (TPSA) is 49.6 Å². The highest BCUT2D eigenvalue weighted by atomic mass is 14.9. The van der Waals surface area contributed by atoms with E-state index in [1.807, 2.05) is 36.7 Å². The molecule has 1 aromatic heterocycles. The van der Waals surface area contributed by atoms with Crippen LogP contribution in [-0.2, 0) is 6.42 Å². The van der Waals surface area contributed by atoms with E-state index in [9.17, 15) is 0 Å². The fourth-order valence-electron chi connectivity index (χ4n) is 2.94. The smallest absolute Gasteiger partial charge is 0.159 e. The minimum atomic E-state index is 0.654. The molecule has 130 valence electrons. The molecule has 0 saturated carbocycles. The number of rotatable bonds is 7. The molecule has 0 radical (unpaired) electrons. The number of benzene rings is 2. The zero-order valence-electron chi connectivity index (χ0n) is 15.2. The molecule has 0 spiro atoms. The third kappa shape index (κ3) is 4.55. The number of hydrogen-bond acceptors (Lipinski definition) is 3. The van der Waals surface area contributed by atoms with Crippen molar-refractivity contribution in [3.63, 3.8) is 0 Å². The molecule has 0 aliphatic carbocycles. The van der Waals surface area contributed by atoms with Crippen LogP contribution >= 0.6 is 0 Å².